The molecule has 182 valence electrons. The minimum absolute atomic E-state index is 0.0192. The predicted octanol–water partition coefficient (Wildman–Crippen LogP) is 4.12. The number of fused-ring (bicyclic) bond motifs is 1. The van der Waals surface area contributed by atoms with Gasteiger partial charge in [0.15, 0.2) is 17.4 Å². The van der Waals surface area contributed by atoms with Gasteiger partial charge in [0.05, 0.1) is 19.8 Å². The molecule has 0 unspecified atom stereocenters. The summed E-state index contributed by atoms with van der Waals surface area (Å²) in [5.41, 5.74) is 0.905. The summed E-state index contributed by atoms with van der Waals surface area (Å²) >= 11 is 0. The Morgan fingerprint density at radius 1 is 1.06 bits per heavy atom. The van der Waals surface area contributed by atoms with Gasteiger partial charge in [-0.2, -0.15) is 0 Å². The third kappa shape index (κ3) is 4.13. The Kier molecular flexibility index (Phi) is 6.84. The molecule has 0 amide bonds. The summed E-state index contributed by atoms with van der Waals surface area (Å²) in [5, 5.41) is 0. The van der Waals surface area contributed by atoms with Crippen LogP contribution in [0.2, 0.25) is 0 Å². The van der Waals surface area contributed by atoms with Gasteiger partial charge in [-0.05, 0) is 55.7 Å². The van der Waals surface area contributed by atoms with Crippen molar-refractivity contribution in [1.82, 2.24) is 9.21 Å². The number of likely N-dealkylation sites (tertiary alicyclic amines) is 1. The quantitative estimate of drug-likeness (QED) is 0.546. The number of benzene rings is 2. The number of Topliss-reactive ketones (excluding diaryl/α,β-unsaturated/α-hetero) is 1. The lowest BCUT2D eigenvalue weighted by atomic mass is 9.89. The first kappa shape index (κ1) is 24.1. The van der Waals surface area contributed by atoms with E-state index in [1.165, 1.54) is 42.8 Å². The van der Waals surface area contributed by atoms with Crippen LogP contribution in [0.15, 0.2) is 53.2 Å². The number of rotatable bonds is 7. The molecule has 34 heavy (non-hydrogen) atoms. The number of hydrogen-bond acceptors (Lipinski definition) is 6. The van der Waals surface area contributed by atoms with Crippen LogP contribution in [0.4, 0.5) is 4.39 Å². The molecule has 0 aliphatic carbocycles. The van der Waals surface area contributed by atoms with Crippen LogP contribution in [0.5, 0.6) is 5.75 Å². The second kappa shape index (κ2) is 9.66. The van der Waals surface area contributed by atoms with Crippen LogP contribution < -0.4 is 4.74 Å². The van der Waals surface area contributed by atoms with Gasteiger partial charge in [0.2, 0.25) is 0 Å². The molecular weight excluding hydrogens is 459 g/mol. The Balaban J connectivity index is 1.69. The first-order valence-corrected chi connectivity index (χ1v) is 12.8. The molecule has 0 radical (unpaired) electrons. The van der Waals surface area contributed by atoms with E-state index in [1.54, 1.807) is 18.2 Å². The van der Waals surface area contributed by atoms with E-state index in [1.807, 2.05) is 11.8 Å². The average molecular weight is 489 g/mol. The molecule has 1 saturated heterocycles. The maximum absolute atomic E-state index is 13.6. The van der Waals surface area contributed by atoms with Gasteiger partial charge >= 0.3 is 0 Å². The molecule has 2 heterocycles. The zero-order chi connectivity index (χ0) is 24.5. The maximum atomic E-state index is 13.6. The molecular formula is C25H29FN2O5S. The van der Waals surface area contributed by atoms with E-state index in [4.69, 9.17) is 9.47 Å². The summed E-state index contributed by atoms with van der Waals surface area (Å²) in [7, 11) is -0.798. The van der Waals surface area contributed by atoms with Crippen molar-refractivity contribution in [3.63, 3.8) is 0 Å². The fourth-order valence-corrected chi connectivity index (χ4v) is 6.49. The second-order valence-electron chi connectivity index (χ2n) is 8.40. The Labute approximate surface area is 199 Å². The number of piperidine rings is 1. The third-order valence-corrected chi connectivity index (χ3v) is 8.20. The lowest BCUT2D eigenvalue weighted by Gasteiger charge is -2.42. The van der Waals surface area contributed by atoms with E-state index in [-0.39, 0.29) is 22.4 Å². The van der Waals surface area contributed by atoms with E-state index < -0.39 is 10.0 Å². The van der Waals surface area contributed by atoms with Gasteiger partial charge in [-0.15, -0.1) is 0 Å². The van der Waals surface area contributed by atoms with Crippen molar-refractivity contribution in [3.05, 3.63) is 65.2 Å². The molecule has 0 bridgehead atoms. The van der Waals surface area contributed by atoms with Crippen LogP contribution in [0.1, 0.15) is 42.1 Å². The monoisotopic (exact) mass is 488 g/mol. The van der Waals surface area contributed by atoms with Gasteiger partial charge < -0.3 is 14.4 Å². The number of ketones is 1. The fraction of sp³-hybridized carbons (Fsp3) is 0.400. The first-order chi connectivity index (χ1) is 16.3. The van der Waals surface area contributed by atoms with Gasteiger partial charge in [0, 0.05) is 31.1 Å². The zero-order valence-corrected chi connectivity index (χ0v) is 20.4. The SMILES string of the molecule is CCCN1C(N2CCC(C(=O)c3ccc(F)cc3)CC2)=C(OC)c2c(OC)cccc2S1(=O)=O. The Hall–Kier alpha value is -3.07. The summed E-state index contributed by atoms with van der Waals surface area (Å²) in [6.07, 6.45) is 1.73. The van der Waals surface area contributed by atoms with Crippen molar-refractivity contribution in [1.29, 1.82) is 0 Å². The van der Waals surface area contributed by atoms with Crippen molar-refractivity contribution in [2.24, 2.45) is 5.92 Å². The Morgan fingerprint density at radius 2 is 1.74 bits per heavy atom. The molecule has 2 aliphatic heterocycles. The van der Waals surface area contributed by atoms with Crippen LogP contribution in [0.25, 0.3) is 5.76 Å². The summed E-state index contributed by atoms with van der Waals surface area (Å²) in [5.74, 6) is 0.737. The van der Waals surface area contributed by atoms with Crippen LogP contribution in [-0.4, -0.2) is 57.3 Å². The standard InChI is InChI=1S/C25H29FN2O5S/c1-4-14-28-25(24(33-3)22-20(32-2)6-5-7-21(22)34(28,30)31)27-15-12-18(13-16-27)23(29)17-8-10-19(26)11-9-17/h5-11,18H,4,12-16H2,1-3H3. The van der Waals surface area contributed by atoms with Crippen LogP contribution in [0, 0.1) is 11.7 Å². The molecule has 4 rings (SSSR count). The first-order valence-electron chi connectivity index (χ1n) is 11.4. The van der Waals surface area contributed by atoms with E-state index in [9.17, 15) is 17.6 Å². The number of nitrogens with zero attached hydrogens (tertiary/aromatic N) is 2. The topological polar surface area (TPSA) is 76.2 Å². The normalized spacial score (nSPS) is 18.0. The molecule has 0 atom stereocenters. The smallest absolute Gasteiger partial charge is 0.266 e. The molecule has 1 fully saturated rings. The number of carbonyl (C=O) groups is 1. The van der Waals surface area contributed by atoms with Crippen molar-refractivity contribution in [2.45, 2.75) is 31.1 Å². The molecule has 0 spiro atoms. The molecule has 0 saturated carbocycles. The molecule has 0 N–H and O–H groups in total. The van der Waals surface area contributed by atoms with Crippen LogP contribution in [0.3, 0.4) is 0 Å². The van der Waals surface area contributed by atoms with Crippen molar-refractivity contribution >= 4 is 21.6 Å². The van der Waals surface area contributed by atoms with Crippen molar-refractivity contribution < 1.29 is 27.1 Å². The van der Waals surface area contributed by atoms with Gasteiger partial charge in [-0.3, -0.25) is 4.79 Å². The zero-order valence-electron chi connectivity index (χ0n) is 19.6. The number of carbonyl (C=O) groups excluding carboxylic acids is 1. The lowest BCUT2D eigenvalue weighted by Crippen LogP contribution is -2.46. The number of methoxy groups -OCH3 is 2. The average Bonchev–Trinajstić information content (AvgIpc) is 2.85. The summed E-state index contributed by atoms with van der Waals surface area (Å²) in [4.78, 5) is 15.1. The fourth-order valence-electron chi connectivity index (χ4n) is 4.70. The highest BCUT2D eigenvalue weighted by Gasteiger charge is 2.42. The van der Waals surface area contributed by atoms with Crippen molar-refractivity contribution in [2.75, 3.05) is 33.9 Å². The number of sulfonamides is 1. The van der Waals surface area contributed by atoms with Crippen molar-refractivity contribution in [3.8, 4) is 5.75 Å². The van der Waals surface area contributed by atoms with Gasteiger partial charge in [-0.25, -0.2) is 17.1 Å². The van der Waals surface area contributed by atoms with Gasteiger partial charge in [0.25, 0.3) is 10.0 Å². The van der Waals surface area contributed by atoms with Gasteiger partial charge in [0.1, 0.15) is 16.5 Å². The lowest BCUT2D eigenvalue weighted by molar-refractivity contribution is 0.0845. The maximum Gasteiger partial charge on any atom is 0.266 e. The molecule has 9 heteroatoms. The molecule has 2 aromatic rings. The summed E-state index contributed by atoms with van der Waals surface area (Å²) in [6.45, 7) is 3.20. The van der Waals surface area contributed by atoms with Crippen LogP contribution >= 0.6 is 0 Å². The third-order valence-electron chi connectivity index (χ3n) is 6.37. The molecule has 0 aromatic heterocycles. The largest absolute Gasteiger partial charge is 0.496 e. The predicted molar refractivity (Wildman–Crippen MR) is 126 cm³/mol. The highest BCUT2D eigenvalue weighted by molar-refractivity contribution is 7.89. The number of halogens is 1. The molecule has 2 aromatic carbocycles. The number of ether oxygens (including phenoxy) is 2. The van der Waals surface area contributed by atoms with Crippen LogP contribution in [-0.2, 0) is 14.8 Å². The Bertz CT molecular complexity index is 1200. The van der Waals surface area contributed by atoms with E-state index in [0.717, 1.165) is 0 Å². The highest BCUT2D eigenvalue weighted by Crippen LogP contribution is 2.43. The summed E-state index contributed by atoms with van der Waals surface area (Å²) < 4.78 is 53.2. The number of hydrogen-bond donors (Lipinski definition) is 0. The minimum atomic E-state index is -3.82. The molecule has 2 aliphatic rings. The highest BCUT2D eigenvalue weighted by atomic mass is 32.2. The summed E-state index contributed by atoms with van der Waals surface area (Å²) in [6, 6.07) is 10.5. The van der Waals surface area contributed by atoms with Gasteiger partial charge in [-0.1, -0.05) is 13.0 Å². The van der Waals surface area contributed by atoms with E-state index in [0.29, 0.717) is 67.4 Å². The molecule has 7 nitrogen and oxygen atoms in total. The Morgan fingerprint density at radius 3 is 2.32 bits per heavy atom. The second-order valence-corrected chi connectivity index (χ2v) is 10.2. The van der Waals surface area contributed by atoms with E-state index >= 15 is 0 Å². The van der Waals surface area contributed by atoms with E-state index in [2.05, 4.69) is 0 Å². The minimum Gasteiger partial charge on any atom is -0.496 e.